The molecule has 0 fully saturated rings. The molecular formula is C20H30N2O6. The highest BCUT2D eigenvalue weighted by atomic mass is 16.6. The van der Waals surface area contributed by atoms with Gasteiger partial charge in [0, 0.05) is 12.8 Å². The van der Waals surface area contributed by atoms with Gasteiger partial charge in [-0.25, -0.2) is 9.59 Å². The Morgan fingerprint density at radius 1 is 0.929 bits per heavy atom. The van der Waals surface area contributed by atoms with Crippen LogP contribution in [0, 0.1) is 0 Å². The molecule has 1 aromatic carbocycles. The number of methoxy groups -OCH3 is 1. The maximum Gasteiger partial charge on any atom is 0.408 e. The van der Waals surface area contributed by atoms with Crippen molar-refractivity contribution in [2.75, 3.05) is 19.0 Å². The first-order chi connectivity index (χ1) is 12.8. The molecule has 0 saturated carbocycles. The molecule has 1 rings (SSSR count). The minimum Gasteiger partial charge on any atom is -0.456 e. The summed E-state index contributed by atoms with van der Waals surface area (Å²) in [5, 5.41) is 5.15. The van der Waals surface area contributed by atoms with E-state index in [9.17, 15) is 14.4 Å². The summed E-state index contributed by atoms with van der Waals surface area (Å²) >= 11 is 0. The van der Waals surface area contributed by atoms with Crippen LogP contribution >= 0.6 is 0 Å². The van der Waals surface area contributed by atoms with Gasteiger partial charge < -0.3 is 24.8 Å². The fraction of sp³-hybridized carbons (Fsp3) is 0.550. The van der Waals surface area contributed by atoms with Gasteiger partial charge >= 0.3 is 12.1 Å². The van der Waals surface area contributed by atoms with E-state index in [1.807, 2.05) is 0 Å². The van der Waals surface area contributed by atoms with Gasteiger partial charge in [0.2, 0.25) is 5.91 Å². The number of hydrogen-bond donors (Lipinski definition) is 2. The van der Waals surface area contributed by atoms with E-state index in [0.717, 1.165) is 0 Å². The van der Waals surface area contributed by atoms with E-state index < -0.39 is 35.2 Å². The largest absolute Gasteiger partial charge is 0.456 e. The molecule has 0 saturated heterocycles. The predicted octanol–water partition coefficient (Wildman–Crippen LogP) is 3.12. The van der Waals surface area contributed by atoms with Gasteiger partial charge in [0.15, 0.2) is 0 Å². The van der Waals surface area contributed by atoms with Gasteiger partial charge in [-0.1, -0.05) is 0 Å². The molecule has 0 aliphatic heterocycles. The number of ether oxygens (including phenoxy) is 3. The number of nitrogens with one attached hydrogen (secondary N) is 2. The maximum absolute atomic E-state index is 12.5. The topological polar surface area (TPSA) is 103 Å². The number of benzene rings is 1. The second kappa shape index (κ2) is 9.54. The lowest BCUT2D eigenvalue weighted by atomic mass is 10.1. The lowest BCUT2D eigenvalue weighted by Gasteiger charge is -2.23. The van der Waals surface area contributed by atoms with Gasteiger partial charge in [0.1, 0.15) is 17.2 Å². The van der Waals surface area contributed by atoms with Gasteiger partial charge in [0.25, 0.3) is 0 Å². The third-order valence-corrected chi connectivity index (χ3v) is 3.13. The van der Waals surface area contributed by atoms with Crippen LogP contribution in [-0.2, 0) is 19.0 Å². The van der Waals surface area contributed by atoms with Crippen LogP contribution in [0.2, 0.25) is 0 Å². The molecule has 28 heavy (non-hydrogen) atoms. The first-order valence-corrected chi connectivity index (χ1v) is 8.93. The normalized spacial score (nSPS) is 12.7. The number of carbonyl (C=O) groups excluding carboxylic acids is 3. The van der Waals surface area contributed by atoms with Gasteiger partial charge in [-0.15, -0.1) is 0 Å². The number of carbonyl (C=O) groups is 3. The minimum atomic E-state index is -0.939. The number of alkyl carbamates (subject to hydrolysis) is 1. The highest BCUT2D eigenvalue weighted by Gasteiger charge is 2.24. The Kier molecular flexibility index (Phi) is 7.99. The van der Waals surface area contributed by atoms with Crippen LogP contribution in [0.15, 0.2) is 24.3 Å². The molecule has 0 radical (unpaired) electrons. The van der Waals surface area contributed by atoms with Crippen molar-refractivity contribution in [1.29, 1.82) is 0 Å². The Morgan fingerprint density at radius 2 is 1.46 bits per heavy atom. The van der Waals surface area contributed by atoms with Crippen LogP contribution in [-0.4, -0.2) is 48.9 Å². The van der Waals surface area contributed by atoms with Crippen LogP contribution < -0.4 is 10.6 Å². The van der Waals surface area contributed by atoms with Crippen LogP contribution in [0.4, 0.5) is 10.5 Å². The summed E-state index contributed by atoms with van der Waals surface area (Å²) in [5.41, 5.74) is -0.446. The fourth-order valence-corrected chi connectivity index (χ4v) is 2.06. The molecular weight excluding hydrogens is 364 g/mol. The summed E-state index contributed by atoms with van der Waals surface area (Å²) in [6, 6.07) is 5.32. The van der Waals surface area contributed by atoms with Crippen molar-refractivity contribution in [3.63, 3.8) is 0 Å². The Labute approximate surface area is 165 Å². The zero-order chi connectivity index (χ0) is 21.5. The maximum atomic E-state index is 12.5. The minimum absolute atomic E-state index is 0.0267. The summed E-state index contributed by atoms with van der Waals surface area (Å²) in [5.74, 6) is -0.924. The summed E-state index contributed by atoms with van der Waals surface area (Å²) in [4.78, 5) is 36.4. The first kappa shape index (κ1) is 23.4. The van der Waals surface area contributed by atoms with Crippen LogP contribution in [0.25, 0.3) is 0 Å². The fourth-order valence-electron chi connectivity index (χ4n) is 2.06. The summed E-state index contributed by atoms with van der Waals surface area (Å²) in [7, 11) is 1.42. The number of amides is 2. The Balaban J connectivity index is 2.75. The number of hydrogen-bond acceptors (Lipinski definition) is 6. The lowest BCUT2D eigenvalue weighted by molar-refractivity contribution is -0.119. The second-order valence-electron chi connectivity index (χ2n) is 8.22. The van der Waals surface area contributed by atoms with Gasteiger partial charge in [0.05, 0.1) is 12.2 Å². The van der Waals surface area contributed by atoms with Crippen molar-refractivity contribution in [1.82, 2.24) is 5.32 Å². The quantitative estimate of drug-likeness (QED) is 0.719. The Hall–Kier alpha value is -2.61. The van der Waals surface area contributed by atoms with Crippen molar-refractivity contribution in [2.45, 2.75) is 58.8 Å². The van der Waals surface area contributed by atoms with E-state index in [2.05, 4.69) is 10.6 Å². The molecule has 0 aromatic heterocycles. The average Bonchev–Trinajstić information content (AvgIpc) is 2.51. The highest BCUT2D eigenvalue weighted by Crippen LogP contribution is 2.15. The van der Waals surface area contributed by atoms with Crippen molar-refractivity contribution >= 4 is 23.7 Å². The molecule has 8 nitrogen and oxygen atoms in total. The van der Waals surface area contributed by atoms with Gasteiger partial charge in [-0.05, 0) is 65.8 Å². The van der Waals surface area contributed by atoms with Crippen molar-refractivity contribution in [2.24, 2.45) is 0 Å². The number of rotatable bonds is 6. The van der Waals surface area contributed by atoms with Crippen molar-refractivity contribution in [3.05, 3.63) is 29.8 Å². The van der Waals surface area contributed by atoms with E-state index in [0.29, 0.717) is 11.3 Å². The second-order valence-corrected chi connectivity index (χ2v) is 8.22. The molecule has 2 N–H and O–H groups in total. The molecule has 0 spiro atoms. The monoisotopic (exact) mass is 394 g/mol. The molecule has 0 unspecified atom stereocenters. The molecule has 0 bridgehead atoms. The molecule has 8 heteroatoms. The van der Waals surface area contributed by atoms with E-state index in [-0.39, 0.29) is 6.61 Å². The summed E-state index contributed by atoms with van der Waals surface area (Å²) < 4.78 is 15.5. The molecule has 2 amide bonds. The van der Waals surface area contributed by atoms with E-state index >= 15 is 0 Å². The van der Waals surface area contributed by atoms with E-state index in [1.165, 1.54) is 7.11 Å². The van der Waals surface area contributed by atoms with E-state index in [1.54, 1.807) is 65.8 Å². The first-order valence-electron chi connectivity index (χ1n) is 8.93. The predicted molar refractivity (Wildman–Crippen MR) is 105 cm³/mol. The SMILES string of the molecule is COC[C@H](NC(=O)OC(C)(C)C)C(=O)Nc1ccc(C(=O)OC(C)(C)C)cc1. The Bertz CT molecular complexity index is 686. The van der Waals surface area contributed by atoms with Gasteiger partial charge in [-0.2, -0.15) is 0 Å². The van der Waals surface area contributed by atoms with Crippen LogP contribution in [0.5, 0.6) is 0 Å². The van der Waals surface area contributed by atoms with E-state index in [4.69, 9.17) is 14.2 Å². The number of esters is 1. The third-order valence-electron chi connectivity index (χ3n) is 3.13. The zero-order valence-electron chi connectivity index (χ0n) is 17.5. The van der Waals surface area contributed by atoms with Crippen molar-refractivity contribution in [3.8, 4) is 0 Å². The third kappa shape index (κ3) is 8.85. The van der Waals surface area contributed by atoms with Gasteiger partial charge in [-0.3, -0.25) is 4.79 Å². The average molecular weight is 394 g/mol. The van der Waals surface area contributed by atoms with Crippen LogP contribution in [0.1, 0.15) is 51.9 Å². The smallest absolute Gasteiger partial charge is 0.408 e. The Morgan fingerprint density at radius 3 is 1.93 bits per heavy atom. The summed E-state index contributed by atoms with van der Waals surface area (Å²) in [6.07, 6.45) is -0.718. The lowest BCUT2D eigenvalue weighted by Crippen LogP contribution is -2.48. The molecule has 156 valence electrons. The highest BCUT2D eigenvalue weighted by molar-refractivity contribution is 5.97. The molecule has 1 aromatic rings. The molecule has 0 aliphatic carbocycles. The summed E-state index contributed by atoms with van der Waals surface area (Å²) in [6.45, 7) is 10.5. The molecule has 1 atom stereocenters. The standard InChI is InChI=1S/C20H30N2O6/c1-19(2,3)27-17(24)13-8-10-14(11-9-13)21-16(23)15(12-26-7)22-18(25)28-20(4,5)6/h8-11,15H,12H2,1-7H3,(H,21,23)(H,22,25)/t15-/m0/s1. The molecule has 0 aliphatic rings. The zero-order valence-corrected chi connectivity index (χ0v) is 17.5. The molecule has 0 heterocycles. The number of anilines is 1. The van der Waals surface area contributed by atoms with Crippen LogP contribution in [0.3, 0.4) is 0 Å². The van der Waals surface area contributed by atoms with Crippen molar-refractivity contribution < 1.29 is 28.6 Å².